The fourth-order valence-corrected chi connectivity index (χ4v) is 1.98. The van der Waals surface area contributed by atoms with Crippen LogP contribution in [0.1, 0.15) is 36.5 Å². The van der Waals surface area contributed by atoms with Gasteiger partial charge < -0.3 is 10.1 Å². The molecule has 1 unspecified atom stereocenters. The molecule has 100 valence electrons. The molecule has 1 atom stereocenters. The number of aryl methyl sites for hydroxylation is 2. The lowest BCUT2D eigenvalue weighted by Crippen LogP contribution is -2.37. The summed E-state index contributed by atoms with van der Waals surface area (Å²) in [6, 6.07) is 5.99. The van der Waals surface area contributed by atoms with Crippen molar-refractivity contribution in [2.24, 2.45) is 0 Å². The van der Waals surface area contributed by atoms with E-state index in [0.717, 1.165) is 24.0 Å². The van der Waals surface area contributed by atoms with Crippen molar-refractivity contribution in [1.29, 1.82) is 5.26 Å². The Labute approximate surface area is 113 Å². The fraction of sp³-hybridized carbons (Fsp3) is 0.467. The summed E-state index contributed by atoms with van der Waals surface area (Å²) >= 11 is 0. The van der Waals surface area contributed by atoms with Gasteiger partial charge >= 0.3 is 0 Å². The van der Waals surface area contributed by atoms with Gasteiger partial charge in [-0.1, -0.05) is 0 Å². The van der Waals surface area contributed by atoms with Crippen LogP contribution in [0.3, 0.4) is 0 Å². The second-order valence-corrected chi connectivity index (χ2v) is 5.09. The molecule has 1 aromatic rings. The molecule has 19 heavy (non-hydrogen) atoms. The number of nitrogens with zero attached hydrogens (tertiary/aromatic N) is 1. The van der Waals surface area contributed by atoms with Gasteiger partial charge in [-0.15, -0.1) is 0 Å². The zero-order valence-electron chi connectivity index (χ0n) is 11.5. The number of hydrogen-bond acceptors (Lipinski definition) is 3. The van der Waals surface area contributed by atoms with Crippen molar-refractivity contribution in [3.63, 3.8) is 0 Å². The molecule has 4 heteroatoms. The van der Waals surface area contributed by atoms with E-state index in [1.54, 1.807) is 19.1 Å². The minimum absolute atomic E-state index is 0.0781. The second kappa shape index (κ2) is 5.31. The van der Waals surface area contributed by atoms with Gasteiger partial charge in [0, 0.05) is 6.04 Å². The summed E-state index contributed by atoms with van der Waals surface area (Å²) in [5.41, 5.74) is 2.36. The largest absolute Gasteiger partial charge is 0.480 e. The Morgan fingerprint density at radius 1 is 1.42 bits per heavy atom. The molecule has 1 fully saturated rings. The number of nitrogens with one attached hydrogen (secondary N) is 1. The zero-order valence-corrected chi connectivity index (χ0v) is 11.5. The lowest BCUT2D eigenvalue weighted by atomic mass is 10.1. The van der Waals surface area contributed by atoms with E-state index in [1.165, 1.54) is 0 Å². The van der Waals surface area contributed by atoms with Gasteiger partial charge in [0.2, 0.25) is 0 Å². The number of carbonyl (C=O) groups excluding carboxylic acids is 1. The minimum Gasteiger partial charge on any atom is -0.480 e. The summed E-state index contributed by atoms with van der Waals surface area (Å²) in [5, 5.41) is 11.8. The Balaban J connectivity index is 2.09. The summed E-state index contributed by atoms with van der Waals surface area (Å²) in [6.07, 6.45) is 1.60. The van der Waals surface area contributed by atoms with Gasteiger partial charge in [-0.05, 0) is 56.9 Å². The van der Waals surface area contributed by atoms with Crippen LogP contribution in [0.4, 0.5) is 0 Å². The molecule has 0 bridgehead atoms. The quantitative estimate of drug-likeness (QED) is 0.900. The first-order chi connectivity index (χ1) is 9.01. The number of hydrogen-bond donors (Lipinski definition) is 1. The van der Waals surface area contributed by atoms with E-state index in [4.69, 9.17) is 10.00 Å². The van der Waals surface area contributed by atoms with Crippen molar-refractivity contribution in [2.75, 3.05) is 0 Å². The fourth-order valence-electron chi connectivity index (χ4n) is 1.98. The van der Waals surface area contributed by atoms with E-state index >= 15 is 0 Å². The summed E-state index contributed by atoms with van der Waals surface area (Å²) in [6.45, 7) is 5.51. The number of rotatable bonds is 4. The number of amides is 1. The highest BCUT2D eigenvalue weighted by molar-refractivity contribution is 5.81. The first-order valence-corrected chi connectivity index (χ1v) is 6.49. The van der Waals surface area contributed by atoms with E-state index in [2.05, 4.69) is 11.4 Å². The molecular weight excluding hydrogens is 240 g/mol. The lowest BCUT2D eigenvalue weighted by molar-refractivity contribution is -0.127. The molecule has 0 aromatic heterocycles. The predicted molar refractivity (Wildman–Crippen MR) is 71.9 cm³/mol. The van der Waals surface area contributed by atoms with E-state index < -0.39 is 6.10 Å². The normalized spacial score (nSPS) is 15.5. The van der Waals surface area contributed by atoms with Crippen molar-refractivity contribution in [3.8, 4) is 11.8 Å². The lowest BCUT2D eigenvalue weighted by Gasteiger charge is -2.18. The number of ether oxygens (including phenoxy) is 1. The van der Waals surface area contributed by atoms with Gasteiger partial charge in [0.25, 0.3) is 5.91 Å². The first kappa shape index (κ1) is 13.4. The molecule has 1 aromatic carbocycles. The van der Waals surface area contributed by atoms with Crippen LogP contribution in [0.15, 0.2) is 12.1 Å². The van der Waals surface area contributed by atoms with Crippen molar-refractivity contribution < 1.29 is 9.53 Å². The third kappa shape index (κ3) is 3.25. The Bertz CT molecular complexity index is 519. The molecule has 2 rings (SSSR count). The third-order valence-electron chi connectivity index (χ3n) is 3.18. The smallest absolute Gasteiger partial charge is 0.260 e. The van der Waals surface area contributed by atoms with Gasteiger partial charge in [-0.25, -0.2) is 0 Å². The van der Waals surface area contributed by atoms with Crippen molar-refractivity contribution in [3.05, 3.63) is 28.8 Å². The first-order valence-electron chi connectivity index (χ1n) is 6.49. The van der Waals surface area contributed by atoms with Crippen LogP contribution < -0.4 is 10.1 Å². The van der Waals surface area contributed by atoms with Gasteiger partial charge in [0.1, 0.15) is 5.75 Å². The maximum Gasteiger partial charge on any atom is 0.260 e. The molecule has 1 aliphatic carbocycles. The van der Waals surface area contributed by atoms with E-state index in [9.17, 15) is 4.79 Å². The second-order valence-electron chi connectivity index (χ2n) is 5.09. The predicted octanol–water partition coefficient (Wildman–Crippen LogP) is 2.22. The monoisotopic (exact) mass is 258 g/mol. The van der Waals surface area contributed by atoms with Crippen LogP contribution in [-0.4, -0.2) is 18.1 Å². The van der Waals surface area contributed by atoms with E-state index in [1.807, 2.05) is 13.8 Å². The molecule has 0 spiro atoms. The average molecular weight is 258 g/mol. The van der Waals surface area contributed by atoms with Gasteiger partial charge in [0.05, 0.1) is 11.6 Å². The van der Waals surface area contributed by atoms with Crippen LogP contribution in [0.2, 0.25) is 0 Å². The third-order valence-corrected chi connectivity index (χ3v) is 3.18. The average Bonchev–Trinajstić information content (AvgIpc) is 3.16. The molecule has 1 N–H and O–H groups in total. The van der Waals surface area contributed by atoms with Crippen molar-refractivity contribution >= 4 is 5.91 Å². The van der Waals surface area contributed by atoms with Gasteiger partial charge in [0.15, 0.2) is 6.10 Å². The van der Waals surface area contributed by atoms with Crippen LogP contribution >= 0.6 is 0 Å². The molecule has 1 saturated carbocycles. The number of nitriles is 1. The van der Waals surface area contributed by atoms with Crippen molar-refractivity contribution in [1.82, 2.24) is 5.32 Å². The maximum absolute atomic E-state index is 11.9. The maximum atomic E-state index is 11.9. The van der Waals surface area contributed by atoms with Crippen LogP contribution in [-0.2, 0) is 4.79 Å². The van der Waals surface area contributed by atoms with Gasteiger partial charge in [-0.3, -0.25) is 4.79 Å². The Morgan fingerprint density at radius 2 is 2.00 bits per heavy atom. The summed E-state index contributed by atoms with van der Waals surface area (Å²) in [5.74, 6) is 0.614. The van der Waals surface area contributed by atoms with Crippen LogP contribution in [0.25, 0.3) is 0 Å². The summed E-state index contributed by atoms with van der Waals surface area (Å²) in [4.78, 5) is 11.9. The highest BCUT2D eigenvalue weighted by Crippen LogP contribution is 2.26. The Kier molecular flexibility index (Phi) is 3.75. The molecule has 0 radical (unpaired) electrons. The highest BCUT2D eigenvalue weighted by atomic mass is 16.5. The molecule has 0 heterocycles. The minimum atomic E-state index is -0.522. The summed E-state index contributed by atoms with van der Waals surface area (Å²) < 4.78 is 5.74. The standard InChI is InChI=1S/C15H18N2O2/c1-9-6-12(8-16)7-10(2)14(9)19-11(3)15(18)17-13-4-5-13/h6-7,11,13H,4-5H2,1-3H3,(H,17,18). The zero-order chi connectivity index (χ0) is 14.0. The SMILES string of the molecule is Cc1cc(C#N)cc(C)c1OC(C)C(=O)NC1CC1. The molecule has 1 aliphatic rings. The Morgan fingerprint density at radius 3 is 2.47 bits per heavy atom. The molecule has 0 aliphatic heterocycles. The summed E-state index contributed by atoms with van der Waals surface area (Å²) in [7, 11) is 0. The van der Waals surface area contributed by atoms with Crippen LogP contribution in [0.5, 0.6) is 5.75 Å². The molecular formula is C15H18N2O2. The van der Waals surface area contributed by atoms with Crippen LogP contribution in [0, 0.1) is 25.2 Å². The topological polar surface area (TPSA) is 62.1 Å². The van der Waals surface area contributed by atoms with Gasteiger partial charge in [-0.2, -0.15) is 5.26 Å². The van der Waals surface area contributed by atoms with E-state index in [-0.39, 0.29) is 5.91 Å². The molecule has 0 saturated heterocycles. The van der Waals surface area contributed by atoms with E-state index in [0.29, 0.717) is 17.4 Å². The highest BCUT2D eigenvalue weighted by Gasteiger charge is 2.26. The van der Waals surface area contributed by atoms with Crippen molar-refractivity contribution in [2.45, 2.75) is 45.8 Å². The molecule has 4 nitrogen and oxygen atoms in total. The Hall–Kier alpha value is -2.02. The number of benzene rings is 1. The number of carbonyl (C=O) groups is 1. The molecule has 1 amide bonds.